The summed E-state index contributed by atoms with van der Waals surface area (Å²) in [6, 6.07) is 3.54. The van der Waals surface area contributed by atoms with Crippen LogP contribution in [0.4, 0.5) is 4.79 Å². The molecule has 3 heterocycles. The summed E-state index contributed by atoms with van der Waals surface area (Å²) in [4.78, 5) is 63.3. The zero-order valence-electron chi connectivity index (χ0n) is 34.0. The van der Waals surface area contributed by atoms with Gasteiger partial charge in [-0.05, 0) is 101 Å². The molecule has 59 heavy (non-hydrogen) atoms. The van der Waals surface area contributed by atoms with Gasteiger partial charge in [0.2, 0.25) is 27.7 Å². The van der Waals surface area contributed by atoms with Crippen LogP contribution in [0.15, 0.2) is 30.9 Å². The van der Waals surface area contributed by atoms with Gasteiger partial charge in [0.1, 0.15) is 41.3 Å². The van der Waals surface area contributed by atoms with Gasteiger partial charge in [-0.25, -0.2) is 18.2 Å². The lowest BCUT2D eigenvalue weighted by Crippen LogP contribution is -2.59. The molecule has 4 amide bonds. The molecule has 3 N–H and O–H groups in total. The smallest absolute Gasteiger partial charge is 0.408 e. The number of amides is 4. The zero-order valence-corrected chi connectivity index (χ0v) is 34.9. The van der Waals surface area contributed by atoms with E-state index in [9.17, 15) is 22.8 Å². The SMILES string of the molecule is C=C[C@H]1C[C@@]1(NC(=O)[C@@H]1C[C@@H]2CN1C(=O)[C@H](C1CCCCC1)NC(=O)O[C@@H]1CCC[C@@H]1CCCc1cc3c(cc(OCC)nc3cc1OC)O2)C(=O)NS(=O)(=O)C1CC1. The van der Waals surface area contributed by atoms with Crippen LogP contribution in [-0.2, 0) is 35.6 Å². The number of nitrogens with zero attached hydrogens (tertiary/aromatic N) is 2. The van der Waals surface area contributed by atoms with E-state index < -0.39 is 68.7 Å². The molecule has 4 saturated carbocycles. The van der Waals surface area contributed by atoms with E-state index in [1.807, 2.05) is 19.1 Å². The quantitative estimate of drug-likeness (QED) is 0.278. The number of carbonyl (C=O) groups is 4. The zero-order chi connectivity index (χ0) is 41.5. The number of benzene rings is 1. The monoisotopic (exact) mass is 835 g/mol. The van der Waals surface area contributed by atoms with E-state index in [2.05, 4.69) is 21.9 Å². The van der Waals surface area contributed by atoms with Gasteiger partial charge in [0, 0.05) is 29.9 Å². The maximum Gasteiger partial charge on any atom is 0.408 e. The van der Waals surface area contributed by atoms with Crippen LogP contribution in [0.1, 0.15) is 102 Å². The molecule has 6 aliphatic rings. The molecule has 0 unspecified atom stereocenters. The third-order valence-electron chi connectivity index (χ3n) is 13.4. The van der Waals surface area contributed by atoms with Crippen molar-refractivity contribution >= 4 is 44.7 Å². The first kappa shape index (κ1) is 41.1. The van der Waals surface area contributed by atoms with E-state index in [1.54, 1.807) is 13.2 Å². The lowest BCUT2D eigenvalue weighted by atomic mass is 9.83. The van der Waals surface area contributed by atoms with Crippen molar-refractivity contribution in [3.63, 3.8) is 0 Å². The first-order chi connectivity index (χ1) is 28.4. The fourth-order valence-electron chi connectivity index (χ4n) is 9.89. The Morgan fingerprint density at radius 1 is 1.02 bits per heavy atom. The first-order valence-electron chi connectivity index (χ1n) is 21.5. The lowest BCUT2D eigenvalue weighted by Gasteiger charge is -2.35. The number of pyridine rings is 1. The molecule has 5 fully saturated rings. The highest BCUT2D eigenvalue weighted by Gasteiger charge is 2.62. The normalized spacial score (nSPS) is 30.2. The maximum atomic E-state index is 15.0. The molecular formula is C43H57N5O10S. The average Bonchev–Trinajstić information content (AvgIpc) is 4.12. The number of sulfonamides is 1. The number of nitrogens with one attached hydrogen (secondary N) is 3. The summed E-state index contributed by atoms with van der Waals surface area (Å²) < 4.78 is 52.5. The summed E-state index contributed by atoms with van der Waals surface area (Å²) in [7, 11) is -2.28. The van der Waals surface area contributed by atoms with E-state index >= 15 is 4.79 Å². The van der Waals surface area contributed by atoms with E-state index in [0.29, 0.717) is 48.8 Å². The summed E-state index contributed by atoms with van der Waals surface area (Å²) in [6.07, 6.45) is 10.3. The number of carbonyl (C=O) groups excluding carboxylic acids is 4. The molecule has 2 aromatic rings. The van der Waals surface area contributed by atoms with Crippen molar-refractivity contribution in [2.24, 2.45) is 17.8 Å². The third-order valence-corrected chi connectivity index (χ3v) is 15.2. The molecular weight excluding hydrogens is 779 g/mol. The van der Waals surface area contributed by atoms with Gasteiger partial charge in [-0.15, -0.1) is 6.58 Å². The topological polar surface area (TPSA) is 192 Å². The largest absolute Gasteiger partial charge is 0.496 e. The standard InChI is InChI=1S/C43H57N5O10S/c1-4-28-23-43(28,41(51)47-59(53,54)30-17-18-30)46-39(49)33-20-29-24-48(33)40(50)38(26-11-7-6-8-12-26)45-42(52)58-34-16-10-14-25(34)13-9-15-27-19-31-32(21-35(27)55-3)44-37(56-5-2)22-36(31)57-29/h4,19,21-22,25-26,28-30,33-34,38H,1,5-18,20,23-24H2,2-3H3,(H,45,52)(H,46,49)(H,47,51)/t25-,28-,29+,33-,34+,38-,43-/m0/s1. The van der Waals surface area contributed by atoms with Crippen LogP contribution in [0, 0.1) is 17.8 Å². The highest BCUT2D eigenvalue weighted by molar-refractivity contribution is 7.91. The summed E-state index contributed by atoms with van der Waals surface area (Å²) in [6.45, 7) is 6.05. The molecule has 0 spiro atoms. The molecule has 7 atom stereocenters. The van der Waals surface area contributed by atoms with Gasteiger partial charge in [-0.2, -0.15) is 0 Å². The first-order valence-corrected chi connectivity index (χ1v) is 23.1. The number of aromatic nitrogens is 1. The van der Waals surface area contributed by atoms with Gasteiger partial charge in [0.15, 0.2) is 0 Å². The highest BCUT2D eigenvalue weighted by Crippen LogP contribution is 2.46. The summed E-state index contributed by atoms with van der Waals surface area (Å²) >= 11 is 0. The fraction of sp³-hybridized carbons (Fsp3) is 0.651. The second kappa shape index (κ2) is 16.8. The molecule has 4 aliphatic carbocycles. The Labute approximate surface area is 345 Å². The number of aryl methyl sites for hydroxylation is 1. The van der Waals surface area contributed by atoms with Crippen molar-refractivity contribution < 1.29 is 46.5 Å². The van der Waals surface area contributed by atoms with Crippen molar-refractivity contribution in [1.82, 2.24) is 25.2 Å². The summed E-state index contributed by atoms with van der Waals surface area (Å²) in [5, 5.41) is 5.94. The van der Waals surface area contributed by atoms with Crippen molar-refractivity contribution in [2.75, 3.05) is 20.3 Å². The van der Waals surface area contributed by atoms with Crippen LogP contribution in [0.3, 0.4) is 0 Å². The van der Waals surface area contributed by atoms with Crippen molar-refractivity contribution in [2.45, 2.75) is 138 Å². The molecule has 1 saturated heterocycles. The van der Waals surface area contributed by atoms with Crippen LogP contribution in [-0.4, -0.2) is 97.5 Å². The van der Waals surface area contributed by atoms with E-state index in [4.69, 9.17) is 23.9 Å². The highest BCUT2D eigenvalue weighted by atomic mass is 32.2. The Kier molecular flexibility index (Phi) is 11.7. The number of ether oxygens (including phenoxy) is 4. The van der Waals surface area contributed by atoms with Gasteiger partial charge in [0.25, 0.3) is 5.91 Å². The van der Waals surface area contributed by atoms with Gasteiger partial charge in [-0.3, -0.25) is 19.1 Å². The number of methoxy groups -OCH3 is 1. The summed E-state index contributed by atoms with van der Waals surface area (Å²) in [5.74, 6) is -0.910. The van der Waals surface area contributed by atoms with Crippen molar-refractivity contribution in [1.29, 1.82) is 0 Å². The Hall–Kier alpha value is -4.60. The number of hydrogen-bond donors (Lipinski definition) is 3. The Balaban J connectivity index is 1.17. The van der Waals surface area contributed by atoms with Gasteiger partial charge in [-0.1, -0.05) is 25.3 Å². The second-order valence-electron chi connectivity index (χ2n) is 17.3. The van der Waals surface area contributed by atoms with Crippen molar-refractivity contribution in [3.05, 3.63) is 36.4 Å². The van der Waals surface area contributed by atoms with Crippen LogP contribution < -0.4 is 29.6 Å². The predicted molar refractivity (Wildman–Crippen MR) is 217 cm³/mol. The number of hydrogen-bond acceptors (Lipinski definition) is 11. The molecule has 16 heteroatoms. The minimum absolute atomic E-state index is 0.00148. The lowest BCUT2D eigenvalue weighted by molar-refractivity contribution is -0.142. The summed E-state index contributed by atoms with van der Waals surface area (Å²) in [5.41, 5.74) is 0.0187. The van der Waals surface area contributed by atoms with Crippen LogP contribution >= 0.6 is 0 Å². The molecule has 8 rings (SSSR count). The molecule has 1 aromatic heterocycles. The minimum Gasteiger partial charge on any atom is -0.496 e. The average molecular weight is 836 g/mol. The predicted octanol–water partition coefficient (Wildman–Crippen LogP) is 4.84. The molecule has 1 aromatic carbocycles. The second-order valence-corrected chi connectivity index (χ2v) is 19.2. The Morgan fingerprint density at radius 2 is 1.78 bits per heavy atom. The molecule has 2 aliphatic heterocycles. The molecule has 320 valence electrons. The van der Waals surface area contributed by atoms with Crippen LogP contribution in [0.25, 0.3) is 10.9 Å². The minimum atomic E-state index is -3.91. The van der Waals surface area contributed by atoms with Crippen LogP contribution in [0.5, 0.6) is 17.4 Å². The Morgan fingerprint density at radius 3 is 2.49 bits per heavy atom. The van der Waals surface area contributed by atoms with Crippen LogP contribution in [0.2, 0.25) is 0 Å². The van der Waals surface area contributed by atoms with Crippen molar-refractivity contribution in [3.8, 4) is 17.4 Å². The third kappa shape index (κ3) is 8.56. The maximum absolute atomic E-state index is 15.0. The van der Waals surface area contributed by atoms with Gasteiger partial charge in [0.05, 0.1) is 31.0 Å². The van der Waals surface area contributed by atoms with E-state index in [-0.39, 0.29) is 37.3 Å². The van der Waals surface area contributed by atoms with Gasteiger partial charge < -0.3 is 34.5 Å². The number of rotatable bonds is 10. The molecule has 0 radical (unpaired) electrons. The number of fused-ring (bicyclic) bond motifs is 4. The van der Waals surface area contributed by atoms with Gasteiger partial charge >= 0.3 is 6.09 Å². The van der Waals surface area contributed by atoms with E-state index in [0.717, 1.165) is 75.2 Å². The fourth-order valence-corrected chi connectivity index (χ4v) is 11.3. The molecule has 15 nitrogen and oxygen atoms in total. The number of alkyl carbamates (subject to hydrolysis) is 1. The molecule has 4 bridgehead atoms. The van der Waals surface area contributed by atoms with E-state index in [1.165, 1.54) is 11.0 Å². The Bertz CT molecular complexity index is 2090.